The molecule has 1 aromatic carbocycles. The Kier molecular flexibility index (Phi) is 4.20. The van der Waals surface area contributed by atoms with Crippen LogP contribution in [-0.2, 0) is 22.6 Å². The van der Waals surface area contributed by atoms with Crippen LogP contribution in [0.3, 0.4) is 0 Å². The predicted octanol–water partition coefficient (Wildman–Crippen LogP) is 1.56. The van der Waals surface area contributed by atoms with Crippen LogP contribution in [0.1, 0.15) is 21.5 Å². The van der Waals surface area contributed by atoms with Crippen molar-refractivity contribution < 1.29 is 31.9 Å². The number of hydrogen-bond acceptors (Lipinski definition) is 4. The highest BCUT2D eigenvalue weighted by atomic mass is 19.4. The summed E-state index contributed by atoms with van der Waals surface area (Å²) >= 11 is 0. The lowest BCUT2D eigenvalue weighted by Gasteiger charge is -2.44. The number of rotatable bonds is 2. The molecular weight excluding hydrogens is 332 g/mol. The standard InChI is InChI=1S/C15H14F4N2O3/c16-7-9-3-1-2-8-6-10-12(24-14(23)15(17,18)19)20-4-5-21(10)13(22)11(8)9/h1-3,10,12,20H,4-7H2. The summed E-state index contributed by atoms with van der Waals surface area (Å²) in [6.45, 7) is -0.396. The Morgan fingerprint density at radius 3 is 2.79 bits per heavy atom. The first kappa shape index (κ1) is 16.7. The number of ether oxygens (including phenoxy) is 1. The van der Waals surface area contributed by atoms with Crippen molar-refractivity contribution in [3.8, 4) is 0 Å². The average molecular weight is 346 g/mol. The number of esters is 1. The number of amides is 1. The molecule has 0 aromatic heterocycles. The Morgan fingerprint density at radius 1 is 1.38 bits per heavy atom. The molecule has 1 saturated heterocycles. The van der Waals surface area contributed by atoms with Gasteiger partial charge < -0.3 is 9.64 Å². The Hall–Kier alpha value is -2.16. The van der Waals surface area contributed by atoms with Gasteiger partial charge in [0.15, 0.2) is 6.23 Å². The van der Waals surface area contributed by atoms with E-state index in [4.69, 9.17) is 0 Å². The Morgan fingerprint density at radius 2 is 2.12 bits per heavy atom. The average Bonchev–Trinajstić information content (AvgIpc) is 2.54. The van der Waals surface area contributed by atoms with Crippen molar-refractivity contribution >= 4 is 11.9 Å². The summed E-state index contributed by atoms with van der Waals surface area (Å²) < 4.78 is 54.9. The molecule has 2 aliphatic rings. The highest BCUT2D eigenvalue weighted by Gasteiger charge is 2.47. The molecule has 1 fully saturated rings. The molecule has 1 amide bonds. The van der Waals surface area contributed by atoms with E-state index in [1.165, 1.54) is 11.0 Å². The van der Waals surface area contributed by atoms with Gasteiger partial charge in [0.05, 0.1) is 6.04 Å². The van der Waals surface area contributed by atoms with Gasteiger partial charge in [-0.3, -0.25) is 10.1 Å². The van der Waals surface area contributed by atoms with Crippen LogP contribution in [0.5, 0.6) is 0 Å². The van der Waals surface area contributed by atoms with Gasteiger partial charge in [0, 0.05) is 18.7 Å². The lowest BCUT2D eigenvalue weighted by atomic mass is 9.88. The van der Waals surface area contributed by atoms with E-state index in [9.17, 15) is 27.2 Å². The number of halogens is 4. The second-order valence-electron chi connectivity index (χ2n) is 5.63. The second-order valence-corrected chi connectivity index (χ2v) is 5.63. The van der Waals surface area contributed by atoms with Crippen LogP contribution in [-0.4, -0.2) is 48.3 Å². The van der Waals surface area contributed by atoms with Crippen molar-refractivity contribution in [2.75, 3.05) is 13.1 Å². The quantitative estimate of drug-likeness (QED) is 0.652. The van der Waals surface area contributed by atoms with Crippen molar-refractivity contribution in [2.24, 2.45) is 0 Å². The van der Waals surface area contributed by atoms with Gasteiger partial charge in [-0.1, -0.05) is 18.2 Å². The number of nitrogens with one attached hydrogen (secondary N) is 1. The van der Waals surface area contributed by atoms with E-state index in [1.807, 2.05) is 0 Å². The molecule has 2 heterocycles. The molecule has 0 saturated carbocycles. The number of fused-ring (bicyclic) bond motifs is 2. The van der Waals surface area contributed by atoms with Crippen LogP contribution in [0.15, 0.2) is 18.2 Å². The molecule has 0 spiro atoms. The van der Waals surface area contributed by atoms with Crippen LogP contribution in [0, 0.1) is 0 Å². The third-order valence-corrected chi connectivity index (χ3v) is 4.20. The van der Waals surface area contributed by atoms with Gasteiger partial charge in [-0.2, -0.15) is 13.2 Å². The largest absolute Gasteiger partial charge is 0.490 e. The van der Waals surface area contributed by atoms with Gasteiger partial charge in [-0.25, -0.2) is 9.18 Å². The summed E-state index contributed by atoms with van der Waals surface area (Å²) in [5, 5.41) is 2.69. The molecule has 0 aliphatic carbocycles. The predicted molar refractivity (Wildman–Crippen MR) is 73.7 cm³/mol. The SMILES string of the molecule is O=C1c2c(CF)cccc2CC2C(OC(=O)C(F)(F)F)NCCN12. The minimum absolute atomic E-state index is 0.172. The molecule has 3 rings (SSSR count). The van der Waals surface area contributed by atoms with Crippen LogP contribution in [0.2, 0.25) is 0 Å². The second kappa shape index (κ2) is 6.04. The van der Waals surface area contributed by atoms with Crippen molar-refractivity contribution in [3.05, 3.63) is 34.9 Å². The first-order valence-corrected chi connectivity index (χ1v) is 7.32. The molecule has 1 aromatic rings. The fourth-order valence-electron chi connectivity index (χ4n) is 3.14. The topological polar surface area (TPSA) is 58.6 Å². The third-order valence-electron chi connectivity index (χ3n) is 4.20. The van der Waals surface area contributed by atoms with E-state index in [-0.39, 0.29) is 30.6 Å². The van der Waals surface area contributed by atoms with E-state index in [0.29, 0.717) is 5.56 Å². The first-order chi connectivity index (χ1) is 11.3. The molecule has 9 heteroatoms. The Bertz CT molecular complexity index is 677. The molecule has 5 nitrogen and oxygen atoms in total. The molecule has 2 aliphatic heterocycles. The monoisotopic (exact) mass is 346 g/mol. The van der Waals surface area contributed by atoms with Crippen LogP contribution in [0.25, 0.3) is 0 Å². The van der Waals surface area contributed by atoms with Gasteiger partial charge >= 0.3 is 12.1 Å². The van der Waals surface area contributed by atoms with E-state index in [2.05, 4.69) is 10.1 Å². The molecular formula is C15H14F4N2O3. The van der Waals surface area contributed by atoms with Crippen LogP contribution in [0.4, 0.5) is 17.6 Å². The number of alkyl halides is 4. The van der Waals surface area contributed by atoms with Crippen molar-refractivity contribution in [1.29, 1.82) is 0 Å². The highest BCUT2D eigenvalue weighted by molar-refractivity contribution is 5.98. The summed E-state index contributed by atoms with van der Waals surface area (Å²) in [5.41, 5.74) is 1.03. The van der Waals surface area contributed by atoms with Crippen molar-refractivity contribution in [1.82, 2.24) is 10.2 Å². The van der Waals surface area contributed by atoms with Crippen molar-refractivity contribution in [2.45, 2.75) is 31.5 Å². The zero-order valence-corrected chi connectivity index (χ0v) is 12.4. The van der Waals surface area contributed by atoms with E-state index < -0.39 is 37.0 Å². The number of piperazine rings is 1. The summed E-state index contributed by atoms with van der Waals surface area (Å²) in [6, 6.07) is 3.95. The van der Waals surface area contributed by atoms with Gasteiger partial charge in [-0.15, -0.1) is 0 Å². The molecule has 2 unspecified atom stereocenters. The maximum atomic E-state index is 13.1. The zero-order chi connectivity index (χ0) is 17.5. The smallest absolute Gasteiger partial charge is 0.438 e. The number of nitrogens with zero attached hydrogens (tertiary/aromatic N) is 1. The summed E-state index contributed by atoms with van der Waals surface area (Å²) in [4.78, 5) is 25.1. The third kappa shape index (κ3) is 2.83. The van der Waals surface area contributed by atoms with Gasteiger partial charge in [-0.05, 0) is 17.5 Å². The summed E-state index contributed by atoms with van der Waals surface area (Å²) in [5.74, 6) is -2.76. The van der Waals surface area contributed by atoms with E-state index in [0.717, 1.165) is 0 Å². The molecule has 130 valence electrons. The zero-order valence-electron chi connectivity index (χ0n) is 12.4. The lowest BCUT2D eigenvalue weighted by molar-refractivity contribution is -0.210. The minimum Gasteiger partial charge on any atom is -0.438 e. The van der Waals surface area contributed by atoms with E-state index in [1.54, 1.807) is 12.1 Å². The summed E-state index contributed by atoms with van der Waals surface area (Å²) in [7, 11) is 0. The van der Waals surface area contributed by atoms with Crippen LogP contribution < -0.4 is 5.32 Å². The number of hydrogen-bond donors (Lipinski definition) is 1. The normalized spacial score (nSPS) is 23.5. The van der Waals surface area contributed by atoms with E-state index >= 15 is 0 Å². The van der Waals surface area contributed by atoms with Crippen molar-refractivity contribution in [3.63, 3.8) is 0 Å². The first-order valence-electron chi connectivity index (χ1n) is 7.32. The Labute approximate surface area is 134 Å². The maximum Gasteiger partial charge on any atom is 0.490 e. The lowest BCUT2D eigenvalue weighted by Crippen LogP contribution is -2.63. The molecule has 2 atom stereocenters. The van der Waals surface area contributed by atoms with Gasteiger partial charge in [0.25, 0.3) is 5.91 Å². The molecule has 0 radical (unpaired) electrons. The fraction of sp³-hybridized carbons (Fsp3) is 0.467. The van der Waals surface area contributed by atoms with Gasteiger partial charge in [0.2, 0.25) is 0 Å². The van der Waals surface area contributed by atoms with Gasteiger partial charge in [0.1, 0.15) is 6.67 Å². The molecule has 0 bridgehead atoms. The molecule has 1 N–H and O–H groups in total. The number of benzene rings is 1. The maximum absolute atomic E-state index is 13.1. The number of carbonyl (C=O) groups excluding carboxylic acids is 2. The molecule has 24 heavy (non-hydrogen) atoms. The fourth-order valence-corrected chi connectivity index (χ4v) is 3.14. The summed E-state index contributed by atoms with van der Waals surface area (Å²) in [6.07, 6.45) is -6.20. The van der Waals surface area contributed by atoms with Crippen LogP contribution >= 0.6 is 0 Å². The Balaban J connectivity index is 1.90. The number of carbonyl (C=O) groups is 2. The minimum atomic E-state index is -5.11. The highest BCUT2D eigenvalue weighted by Crippen LogP contribution is 2.30.